The zero-order valence-electron chi connectivity index (χ0n) is 18.8. The van der Waals surface area contributed by atoms with Crippen LogP contribution in [-0.4, -0.2) is 36.4 Å². The number of ether oxygens (including phenoxy) is 1. The van der Waals surface area contributed by atoms with E-state index in [4.69, 9.17) is 4.74 Å². The third-order valence-electron chi connectivity index (χ3n) is 5.94. The number of aromatic nitrogens is 6. The molecule has 1 aliphatic carbocycles. The molecule has 0 radical (unpaired) electrons. The zero-order valence-corrected chi connectivity index (χ0v) is 18.8. The number of rotatable bonds is 7. The summed E-state index contributed by atoms with van der Waals surface area (Å²) in [7, 11) is 1.55. The van der Waals surface area contributed by atoms with Crippen LogP contribution in [0.2, 0.25) is 0 Å². The van der Waals surface area contributed by atoms with Crippen molar-refractivity contribution in [3.63, 3.8) is 0 Å². The molecular formula is C24H23F3N6O. The van der Waals surface area contributed by atoms with E-state index in [2.05, 4.69) is 20.1 Å². The minimum absolute atomic E-state index is 0.255. The Morgan fingerprint density at radius 2 is 2.00 bits per heavy atom. The molecule has 34 heavy (non-hydrogen) atoms. The summed E-state index contributed by atoms with van der Waals surface area (Å²) < 4.78 is 49.1. The topological polar surface area (TPSA) is 70.7 Å². The highest BCUT2D eigenvalue weighted by Gasteiger charge is 2.35. The molecule has 1 aromatic carbocycles. The molecule has 0 atom stereocenters. The first-order valence-corrected chi connectivity index (χ1v) is 11.0. The first-order valence-electron chi connectivity index (χ1n) is 11.0. The quantitative estimate of drug-likeness (QED) is 0.374. The van der Waals surface area contributed by atoms with E-state index < -0.39 is 11.9 Å². The molecule has 3 heterocycles. The van der Waals surface area contributed by atoms with E-state index in [0.717, 1.165) is 41.4 Å². The van der Waals surface area contributed by atoms with Gasteiger partial charge in [0.05, 0.1) is 24.9 Å². The predicted octanol–water partition coefficient (Wildman–Crippen LogP) is 5.18. The van der Waals surface area contributed by atoms with E-state index in [-0.39, 0.29) is 5.82 Å². The number of hydrogen-bond acceptors (Lipinski definition) is 5. The fourth-order valence-corrected chi connectivity index (χ4v) is 4.14. The highest BCUT2D eigenvalue weighted by molar-refractivity contribution is 5.79. The Bertz CT molecular complexity index is 1310. The molecule has 0 spiro atoms. The van der Waals surface area contributed by atoms with Crippen LogP contribution in [0.25, 0.3) is 22.5 Å². The first-order chi connectivity index (χ1) is 16.4. The number of alkyl halides is 3. The molecule has 10 heteroatoms. The zero-order chi connectivity index (χ0) is 23.9. The van der Waals surface area contributed by atoms with Gasteiger partial charge in [-0.1, -0.05) is 12.1 Å². The number of halogens is 3. The lowest BCUT2D eigenvalue weighted by molar-refractivity contribution is -0.140. The molecule has 0 unspecified atom stereocenters. The van der Waals surface area contributed by atoms with E-state index in [1.54, 1.807) is 31.0 Å². The second-order valence-electron chi connectivity index (χ2n) is 8.23. The number of benzene rings is 1. The molecule has 0 amide bonds. The van der Waals surface area contributed by atoms with E-state index in [0.29, 0.717) is 30.5 Å². The standard InChI is InChI=1S/C24H23F3N6O/c1-3-32-13-19(24(25,26)27)31-22(32)16-7-8-17(12-33-10-4-9-30-33)18(11-16)20-21(15-5-6-15)28-14-29-23(20)34-2/h4,7-11,13-15H,3,5-6,12H2,1-2H3. The van der Waals surface area contributed by atoms with Crippen molar-refractivity contribution >= 4 is 0 Å². The van der Waals surface area contributed by atoms with E-state index >= 15 is 0 Å². The van der Waals surface area contributed by atoms with Crippen molar-refractivity contribution in [1.29, 1.82) is 0 Å². The van der Waals surface area contributed by atoms with Crippen LogP contribution in [0.4, 0.5) is 13.2 Å². The smallest absolute Gasteiger partial charge is 0.434 e. The summed E-state index contributed by atoms with van der Waals surface area (Å²) in [6.45, 7) is 2.62. The van der Waals surface area contributed by atoms with Crippen molar-refractivity contribution in [2.45, 2.75) is 44.9 Å². The average molecular weight is 468 g/mol. The van der Waals surface area contributed by atoms with Crippen LogP contribution < -0.4 is 4.74 Å². The minimum Gasteiger partial charge on any atom is -0.480 e. The van der Waals surface area contributed by atoms with Gasteiger partial charge in [-0.25, -0.2) is 15.0 Å². The van der Waals surface area contributed by atoms with Crippen molar-refractivity contribution < 1.29 is 17.9 Å². The van der Waals surface area contributed by atoms with Crippen LogP contribution in [0.5, 0.6) is 5.88 Å². The summed E-state index contributed by atoms with van der Waals surface area (Å²) in [5.74, 6) is 0.999. The Hall–Kier alpha value is -3.69. The molecule has 3 aromatic heterocycles. The van der Waals surface area contributed by atoms with Gasteiger partial charge in [-0.3, -0.25) is 4.68 Å². The van der Waals surface area contributed by atoms with Crippen molar-refractivity contribution in [3.05, 3.63) is 66.1 Å². The summed E-state index contributed by atoms with van der Waals surface area (Å²) >= 11 is 0. The molecular weight excluding hydrogens is 445 g/mol. The molecule has 0 N–H and O–H groups in total. The Balaban J connectivity index is 1.71. The van der Waals surface area contributed by atoms with Gasteiger partial charge in [-0.15, -0.1) is 0 Å². The van der Waals surface area contributed by atoms with Crippen LogP contribution in [-0.2, 0) is 19.3 Å². The predicted molar refractivity (Wildman–Crippen MR) is 119 cm³/mol. The van der Waals surface area contributed by atoms with Gasteiger partial charge >= 0.3 is 6.18 Å². The number of aryl methyl sites for hydroxylation is 1. The first kappa shape index (κ1) is 22.1. The minimum atomic E-state index is -4.52. The molecule has 1 saturated carbocycles. The number of imidazole rings is 1. The lowest BCUT2D eigenvalue weighted by atomic mass is 9.94. The van der Waals surface area contributed by atoms with Crippen LogP contribution in [0.3, 0.4) is 0 Å². The Morgan fingerprint density at radius 3 is 2.65 bits per heavy atom. The summed E-state index contributed by atoms with van der Waals surface area (Å²) in [5.41, 5.74) is 3.04. The molecule has 5 rings (SSSR count). The van der Waals surface area contributed by atoms with E-state index in [1.165, 1.54) is 10.9 Å². The lowest BCUT2D eigenvalue weighted by Gasteiger charge is -2.17. The van der Waals surface area contributed by atoms with Gasteiger partial charge in [0.25, 0.3) is 0 Å². The van der Waals surface area contributed by atoms with Crippen LogP contribution >= 0.6 is 0 Å². The maximum atomic E-state index is 13.4. The second-order valence-corrected chi connectivity index (χ2v) is 8.23. The fourth-order valence-electron chi connectivity index (χ4n) is 4.14. The van der Waals surface area contributed by atoms with Gasteiger partial charge in [0.15, 0.2) is 5.69 Å². The molecule has 0 bridgehead atoms. The average Bonchev–Trinajstić information content (AvgIpc) is 3.35. The third-order valence-corrected chi connectivity index (χ3v) is 5.94. The number of hydrogen-bond donors (Lipinski definition) is 0. The van der Waals surface area contributed by atoms with Gasteiger partial charge in [-0.2, -0.15) is 18.3 Å². The van der Waals surface area contributed by atoms with Gasteiger partial charge in [0.2, 0.25) is 5.88 Å². The van der Waals surface area contributed by atoms with Crippen molar-refractivity contribution in [2.75, 3.05) is 7.11 Å². The van der Waals surface area contributed by atoms with Gasteiger partial charge in [0.1, 0.15) is 12.2 Å². The van der Waals surface area contributed by atoms with Crippen LogP contribution in [0, 0.1) is 0 Å². The van der Waals surface area contributed by atoms with Crippen LogP contribution in [0.1, 0.15) is 42.6 Å². The van der Waals surface area contributed by atoms with Gasteiger partial charge in [0, 0.05) is 36.6 Å². The third kappa shape index (κ3) is 4.15. The highest BCUT2D eigenvalue weighted by Crippen LogP contribution is 2.47. The van der Waals surface area contributed by atoms with E-state index in [9.17, 15) is 13.2 Å². The SMILES string of the molecule is CCn1cc(C(F)(F)F)nc1-c1ccc(Cn2cccn2)c(-c2c(OC)ncnc2C2CC2)c1. The number of methoxy groups -OCH3 is 1. The Morgan fingerprint density at radius 1 is 1.18 bits per heavy atom. The highest BCUT2D eigenvalue weighted by atomic mass is 19.4. The molecule has 176 valence electrons. The largest absolute Gasteiger partial charge is 0.480 e. The molecule has 1 aliphatic rings. The van der Waals surface area contributed by atoms with Crippen molar-refractivity contribution in [3.8, 4) is 28.4 Å². The second kappa shape index (κ2) is 8.58. The molecule has 0 saturated heterocycles. The van der Waals surface area contributed by atoms with Gasteiger partial charge < -0.3 is 9.30 Å². The molecule has 0 aliphatic heterocycles. The van der Waals surface area contributed by atoms with E-state index in [1.807, 2.05) is 24.4 Å². The summed E-state index contributed by atoms with van der Waals surface area (Å²) in [4.78, 5) is 12.8. The Kier molecular flexibility index (Phi) is 5.59. The fraction of sp³-hybridized carbons (Fsp3) is 0.333. The van der Waals surface area contributed by atoms with Crippen molar-refractivity contribution in [1.82, 2.24) is 29.3 Å². The van der Waals surface area contributed by atoms with Gasteiger partial charge in [-0.05, 0) is 43.0 Å². The summed E-state index contributed by atoms with van der Waals surface area (Å²) in [5, 5.41) is 4.31. The summed E-state index contributed by atoms with van der Waals surface area (Å²) in [6.07, 6.45) is 3.63. The molecule has 4 aromatic rings. The number of nitrogens with zero attached hydrogens (tertiary/aromatic N) is 6. The lowest BCUT2D eigenvalue weighted by Crippen LogP contribution is -2.06. The molecule has 1 fully saturated rings. The maximum absolute atomic E-state index is 13.4. The summed E-state index contributed by atoms with van der Waals surface area (Å²) in [6, 6.07) is 7.40. The monoisotopic (exact) mass is 468 g/mol. The maximum Gasteiger partial charge on any atom is 0.434 e. The Labute approximate surface area is 194 Å². The van der Waals surface area contributed by atoms with Crippen molar-refractivity contribution in [2.24, 2.45) is 0 Å². The van der Waals surface area contributed by atoms with Crippen LogP contribution in [0.15, 0.2) is 49.2 Å². The molecule has 7 nitrogen and oxygen atoms in total. The normalized spacial score (nSPS) is 13.9.